The number of rotatable bonds is 4. The molecule has 1 aliphatic heterocycles. The molecule has 0 unspecified atom stereocenters. The number of amides is 1. The molecule has 1 fully saturated rings. The van der Waals surface area contributed by atoms with E-state index in [1.54, 1.807) is 19.1 Å². The van der Waals surface area contributed by atoms with E-state index >= 15 is 0 Å². The monoisotopic (exact) mass is 252 g/mol. The van der Waals surface area contributed by atoms with Crippen molar-refractivity contribution in [1.82, 2.24) is 5.43 Å². The van der Waals surface area contributed by atoms with Crippen LogP contribution in [0.4, 0.5) is 0 Å². The van der Waals surface area contributed by atoms with Crippen LogP contribution in [-0.4, -0.2) is 31.1 Å². The molecule has 18 heavy (non-hydrogen) atoms. The zero-order valence-electron chi connectivity index (χ0n) is 10.2. The lowest BCUT2D eigenvalue weighted by Crippen LogP contribution is -2.41. The first kappa shape index (κ1) is 12.8. The van der Waals surface area contributed by atoms with Crippen LogP contribution in [0.2, 0.25) is 0 Å². The highest BCUT2D eigenvalue weighted by atomic mass is 16.7. The van der Waals surface area contributed by atoms with Gasteiger partial charge in [-0.3, -0.25) is 4.79 Å². The number of carbonyl (C=O) groups excluding carboxylic acids is 1. The number of nitrogens with zero attached hydrogens (tertiary/aromatic N) is 1. The molecule has 1 aliphatic rings. The van der Waals surface area contributed by atoms with Crippen molar-refractivity contribution in [2.45, 2.75) is 25.6 Å². The standard InChI is InChI=1S/C12H16N2O4/c1-12(17-6-3-7-18-12)8-11(15)14-13-9-10-4-2-5-16-10/h2,4-5,9H,3,6-8H2,1H3,(H,14,15). The van der Waals surface area contributed by atoms with Crippen molar-refractivity contribution in [2.24, 2.45) is 5.10 Å². The third kappa shape index (κ3) is 3.68. The third-order valence-electron chi connectivity index (χ3n) is 2.51. The average molecular weight is 252 g/mol. The van der Waals surface area contributed by atoms with Gasteiger partial charge in [-0.1, -0.05) is 0 Å². The van der Waals surface area contributed by atoms with E-state index in [2.05, 4.69) is 10.5 Å². The first-order valence-corrected chi connectivity index (χ1v) is 5.81. The average Bonchev–Trinajstić information content (AvgIpc) is 2.82. The van der Waals surface area contributed by atoms with E-state index in [1.807, 2.05) is 0 Å². The molecule has 0 spiro atoms. The van der Waals surface area contributed by atoms with Crippen molar-refractivity contribution in [2.75, 3.05) is 13.2 Å². The van der Waals surface area contributed by atoms with Crippen molar-refractivity contribution >= 4 is 12.1 Å². The summed E-state index contributed by atoms with van der Waals surface area (Å²) >= 11 is 0. The van der Waals surface area contributed by atoms with Crippen LogP contribution in [0.1, 0.15) is 25.5 Å². The summed E-state index contributed by atoms with van der Waals surface area (Å²) in [5, 5.41) is 3.78. The van der Waals surface area contributed by atoms with Gasteiger partial charge in [-0.15, -0.1) is 0 Å². The van der Waals surface area contributed by atoms with Crippen LogP contribution in [0.25, 0.3) is 0 Å². The number of hydrogen-bond acceptors (Lipinski definition) is 5. The maximum absolute atomic E-state index is 11.6. The Morgan fingerprint density at radius 3 is 3.00 bits per heavy atom. The minimum atomic E-state index is -0.845. The van der Waals surface area contributed by atoms with Gasteiger partial charge in [0.15, 0.2) is 5.79 Å². The Bertz CT molecular complexity index is 408. The summed E-state index contributed by atoms with van der Waals surface area (Å²) in [6.07, 6.45) is 3.94. The van der Waals surface area contributed by atoms with E-state index in [9.17, 15) is 4.79 Å². The van der Waals surface area contributed by atoms with Crippen molar-refractivity contribution < 1.29 is 18.7 Å². The molecule has 0 atom stereocenters. The van der Waals surface area contributed by atoms with Gasteiger partial charge < -0.3 is 13.9 Å². The fourth-order valence-electron chi connectivity index (χ4n) is 1.64. The van der Waals surface area contributed by atoms with Crippen molar-refractivity contribution in [3.8, 4) is 0 Å². The molecule has 0 bridgehead atoms. The lowest BCUT2D eigenvalue weighted by Gasteiger charge is -2.33. The largest absolute Gasteiger partial charge is 0.463 e. The first-order valence-electron chi connectivity index (χ1n) is 5.81. The van der Waals surface area contributed by atoms with Gasteiger partial charge in [-0.25, -0.2) is 5.43 Å². The maximum Gasteiger partial charge on any atom is 0.245 e. The van der Waals surface area contributed by atoms with Gasteiger partial charge in [0, 0.05) is 0 Å². The highest BCUT2D eigenvalue weighted by Gasteiger charge is 2.31. The lowest BCUT2D eigenvalue weighted by molar-refractivity contribution is -0.256. The molecule has 1 N–H and O–H groups in total. The van der Waals surface area contributed by atoms with Gasteiger partial charge in [0.2, 0.25) is 5.91 Å². The van der Waals surface area contributed by atoms with Crippen LogP contribution < -0.4 is 5.43 Å². The molecule has 0 saturated carbocycles. The molecule has 6 heteroatoms. The van der Waals surface area contributed by atoms with Crippen LogP contribution in [0.3, 0.4) is 0 Å². The van der Waals surface area contributed by atoms with Crippen LogP contribution in [0, 0.1) is 0 Å². The molecular formula is C12H16N2O4. The molecule has 1 aromatic heterocycles. The molecule has 1 aromatic rings. The molecule has 6 nitrogen and oxygen atoms in total. The quantitative estimate of drug-likeness (QED) is 0.647. The van der Waals surface area contributed by atoms with E-state index < -0.39 is 5.79 Å². The van der Waals surface area contributed by atoms with Gasteiger partial charge in [0.05, 0.1) is 32.1 Å². The summed E-state index contributed by atoms with van der Waals surface area (Å²) < 4.78 is 15.9. The van der Waals surface area contributed by atoms with Crippen molar-refractivity contribution in [3.63, 3.8) is 0 Å². The summed E-state index contributed by atoms with van der Waals surface area (Å²) in [6.45, 7) is 2.97. The topological polar surface area (TPSA) is 73.1 Å². The summed E-state index contributed by atoms with van der Waals surface area (Å²) in [6, 6.07) is 3.48. The first-order chi connectivity index (χ1) is 8.68. The number of hydrogen-bond donors (Lipinski definition) is 1. The Balaban J connectivity index is 1.78. The molecule has 0 radical (unpaired) electrons. The van der Waals surface area contributed by atoms with Crippen molar-refractivity contribution in [1.29, 1.82) is 0 Å². The predicted molar refractivity (Wildman–Crippen MR) is 64.0 cm³/mol. The lowest BCUT2D eigenvalue weighted by atomic mass is 10.2. The fraction of sp³-hybridized carbons (Fsp3) is 0.500. The number of hydrazone groups is 1. The smallest absolute Gasteiger partial charge is 0.245 e. The summed E-state index contributed by atoms with van der Waals surface area (Å²) in [7, 11) is 0. The van der Waals surface area contributed by atoms with Gasteiger partial charge in [-0.05, 0) is 25.5 Å². The van der Waals surface area contributed by atoms with E-state index in [-0.39, 0.29) is 12.3 Å². The Morgan fingerprint density at radius 2 is 2.33 bits per heavy atom. The molecule has 2 rings (SSSR count). The Labute approximate surface area is 105 Å². The van der Waals surface area contributed by atoms with E-state index in [0.29, 0.717) is 19.0 Å². The maximum atomic E-state index is 11.6. The van der Waals surface area contributed by atoms with Crippen molar-refractivity contribution in [3.05, 3.63) is 24.2 Å². The Morgan fingerprint density at radius 1 is 1.56 bits per heavy atom. The van der Waals surface area contributed by atoms with Crippen LogP contribution >= 0.6 is 0 Å². The molecule has 1 amide bonds. The summed E-state index contributed by atoms with van der Waals surface area (Å²) in [5.74, 6) is -0.531. The molecule has 0 aliphatic carbocycles. The zero-order chi connectivity index (χ0) is 12.8. The number of carbonyl (C=O) groups is 1. The van der Waals surface area contributed by atoms with E-state index in [0.717, 1.165) is 6.42 Å². The highest BCUT2D eigenvalue weighted by Crippen LogP contribution is 2.21. The normalized spacial score (nSPS) is 18.9. The van der Waals surface area contributed by atoms with Crippen LogP contribution in [0.5, 0.6) is 0 Å². The van der Waals surface area contributed by atoms with Gasteiger partial charge in [0.1, 0.15) is 5.76 Å². The molecule has 1 saturated heterocycles. The van der Waals surface area contributed by atoms with Crippen LogP contribution in [-0.2, 0) is 14.3 Å². The van der Waals surface area contributed by atoms with Gasteiger partial charge in [0.25, 0.3) is 0 Å². The molecule has 2 heterocycles. The third-order valence-corrected chi connectivity index (χ3v) is 2.51. The second kappa shape index (κ2) is 5.79. The number of ether oxygens (including phenoxy) is 2. The Hall–Kier alpha value is -1.66. The predicted octanol–water partition coefficient (Wildman–Crippen LogP) is 1.27. The fourth-order valence-corrected chi connectivity index (χ4v) is 1.64. The number of nitrogens with one attached hydrogen (secondary N) is 1. The minimum Gasteiger partial charge on any atom is -0.463 e. The van der Waals surface area contributed by atoms with E-state index in [4.69, 9.17) is 13.9 Å². The summed E-state index contributed by atoms with van der Waals surface area (Å²) in [4.78, 5) is 11.6. The second-order valence-corrected chi connectivity index (χ2v) is 4.17. The van der Waals surface area contributed by atoms with Gasteiger partial charge >= 0.3 is 0 Å². The number of furan rings is 1. The molecular weight excluding hydrogens is 236 g/mol. The van der Waals surface area contributed by atoms with E-state index in [1.165, 1.54) is 12.5 Å². The Kier molecular flexibility index (Phi) is 4.11. The minimum absolute atomic E-state index is 0.114. The molecule has 98 valence electrons. The highest BCUT2D eigenvalue weighted by molar-refractivity contribution is 5.80. The summed E-state index contributed by atoms with van der Waals surface area (Å²) in [5.41, 5.74) is 2.40. The zero-order valence-corrected chi connectivity index (χ0v) is 10.2. The second-order valence-electron chi connectivity index (χ2n) is 4.17. The molecule has 0 aromatic carbocycles. The van der Waals surface area contributed by atoms with Gasteiger partial charge in [-0.2, -0.15) is 5.10 Å². The van der Waals surface area contributed by atoms with Crippen LogP contribution in [0.15, 0.2) is 27.9 Å². The SMILES string of the molecule is CC1(CC(=O)NN=Cc2ccco2)OCCCO1.